The minimum atomic E-state index is -0.300. The van der Waals surface area contributed by atoms with E-state index in [1.165, 1.54) is 93.5 Å². The summed E-state index contributed by atoms with van der Waals surface area (Å²) >= 11 is 0. The van der Waals surface area contributed by atoms with E-state index in [0.717, 1.165) is 73.6 Å². The third-order valence-corrected chi connectivity index (χ3v) is 19.8. The summed E-state index contributed by atoms with van der Waals surface area (Å²) in [5.41, 5.74) is 30.2. The van der Waals surface area contributed by atoms with Crippen molar-refractivity contribution >= 4 is 102 Å². The minimum Gasteiger partial charge on any atom is -0.456 e. The van der Waals surface area contributed by atoms with E-state index in [1.54, 1.807) is 0 Å². The van der Waals surface area contributed by atoms with Crippen LogP contribution in [0.4, 0.5) is 34.1 Å². The topological polar surface area (TPSA) is 20.6 Å². The molecule has 12 aromatic carbocycles. The maximum absolute atomic E-state index is 7.98. The fraction of sp³-hybridized carbons (Fsp3) is 0.143. The number of para-hydroxylation sites is 4. The number of rotatable bonds is 6. The third kappa shape index (κ3) is 8.09. The molecule has 4 aliphatic rings. The highest BCUT2D eigenvalue weighted by atomic mass is 16.5. The Morgan fingerprint density at radius 1 is 0.311 bits per heavy atom. The molecule has 0 spiro atoms. The van der Waals surface area contributed by atoms with Crippen molar-refractivity contribution in [1.29, 1.82) is 0 Å². The lowest BCUT2D eigenvalue weighted by Gasteiger charge is -2.48. The lowest BCUT2D eigenvalue weighted by Crippen LogP contribution is -2.64. The summed E-state index contributed by atoms with van der Waals surface area (Å²) in [5, 5.41) is 2.51. The molecule has 0 saturated heterocycles. The standard InChI is InChI=1S/C84H69B2N3O/c1-82(2,3)56-45-61(52-29-14-10-15-30-52)77(62(46-56)53-31-16-11-17-32-53)88-70-43-26-23-39-65(70)85-68-51-73-76-81(90-74-44-27-24-40-66(74)86(76)67-41-28-38-60-59-37-22-25-42-69(59)87(73)79(60)67)80(68)89(72-50-58(84(7,8)9)49-71(88)75(72)85)78-63(54-33-18-12-19-34-54)47-57(83(4,5)6)48-64(78)55-35-20-13-21-36-55/h10-51H,1-9H3. The van der Waals surface area contributed by atoms with Crippen LogP contribution < -0.4 is 47.3 Å². The predicted octanol–water partition coefficient (Wildman–Crippen LogP) is 18.4. The second-order valence-corrected chi connectivity index (χ2v) is 28.4. The quantitative estimate of drug-likeness (QED) is 0.155. The SMILES string of the molecule is CC(C)(C)c1cc(-c2ccccc2)c(N2c3ccccc3B3c4cc5c6c(c4N(c4c(-c7ccccc7)cc(C(C)(C)C)cc4-c4ccccc4)c4cc(C(C)(C)C)cc2c43)Oc2ccccc2B6c2cccc3c4ccccc4n-5c23)c(-c2ccccc2)c1. The van der Waals surface area contributed by atoms with Gasteiger partial charge in [0.2, 0.25) is 0 Å². The fourth-order valence-electron chi connectivity index (χ4n) is 15.4. The van der Waals surface area contributed by atoms with Crippen molar-refractivity contribution in [3.05, 3.63) is 271 Å². The van der Waals surface area contributed by atoms with Crippen molar-refractivity contribution in [1.82, 2.24) is 4.57 Å². The Hall–Kier alpha value is -10.0. The van der Waals surface area contributed by atoms with Crippen LogP contribution in [-0.2, 0) is 16.2 Å². The van der Waals surface area contributed by atoms with Crippen molar-refractivity contribution in [2.75, 3.05) is 9.80 Å². The Morgan fingerprint density at radius 2 is 0.733 bits per heavy atom. The van der Waals surface area contributed by atoms with Crippen LogP contribution in [0.3, 0.4) is 0 Å². The fourth-order valence-corrected chi connectivity index (χ4v) is 15.4. The maximum atomic E-state index is 7.98. The van der Waals surface area contributed by atoms with Crippen molar-refractivity contribution in [3.63, 3.8) is 0 Å². The van der Waals surface area contributed by atoms with Crippen LogP contribution in [0.5, 0.6) is 11.5 Å². The molecular formula is C84H69B2N3O. The zero-order valence-electron chi connectivity index (χ0n) is 52.7. The number of fused-ring (bicyclic) bond motifs is 12. The Kier molecular flexibility index (Phi) is 11.9. The molecule has 5 heterocycles. The zero-order chi connectivity index (χ0) is 61.1. The second-order valence-electron chi connectivity index (χ2n) is 28.4. The van der Waals surface area contributed by atoms with Crippen LogP contribution in [0.25, 0.3) is 72.0 Å². The van der Waals surface area contributed by atoms with Gasteiger partial charge >= 0.3 is 0 Å². The molecule has 0 unspecified atom stereocenters. The molecule has 0 atom stereocenters. The van der Waals surface area contributed by atoms with Crippen molar-refractivity contribution in [3.8, 4) is 61.7 Å². The van der Waals surface area contributed by atoms with E-state index in [0.29, 0.717) is 0 Å². The van der Waals surface area contributed by atoms with E-state index in [4.69, 9.17) is 4.74 Å². The van der Waals surface area contributed by atoms with Gasteiger partial charge in [0.1, 0.15) is 11.5 Å². The van der Waals surface area contributed by atoms with Gasteiger partial charge in [0, 0.05) is 61.3 Å². The molecule has 0 aliphatic carbocycles. The number of hydrogen-bond acceptors (Lipinski definition) is 3. The van der Waals surface area contributed by atoms with Gasteiger partial charge in [0.25, 0.3) is 13.4 Å². The first-order valence-electron chi connectivity index (χ1n) is 32.1. The smallest absolute Gasteiger partial charge is 0.256 e. The summed E-state index contributed by atoms with van der Waals surface area (Å²) in [6, 6.07) is 96.5. The van der Waals surface area contributed by atoms with E-state index in [-0.39, 0.29) is 29.7 Å². The number of hydrogen-bond donors (Lipinski definition) is 0. The van der Waals surface area contributed by atoms with Crippen LogP contribution in [0.15, 0.2) is 255 Å². The van der Waals surface area contributed by atoms with Gasteiger partial charge in [0.15, 0.2) is 0 Å². The van der Waals surface area contributed by atoms with Crippen LogP contribution in [0.1, 0.15) is 79.0 Å². The highest BCUT2D eigenvalue weighted by Crippen LogP contribution is 2.57. The predicted molar refractivity (Wildman–Crippen MR) is 384 cm³/mol. The van der Waals surface area contributed by atoms with Crippen LogP contribution in [0.2, 0.25) is 0 Å². The molecule has 90 heavy (non-hydrogen) atoms. The second kappa shape index (κ2) is 19.7. The Bertz CT molecular complexity index is 4990. The normalized spacial score (nSPS) is 13.6. The third-order valence-electron chi connectivity index (χ3n) is 19.8. The molecule has 17 rings (SSSR count). The van der Waals surface area contributed by atoms with Gasteiger partial charge in [-0.1, -0.05) is 256 Å². The number of ether oxygens (including phenoxy) is 1. The molecule has 4 nitrogen and oxygen atoms in total. The molecule has 6 heteroatoms. The highest BCUT2D eigenvalue weighted by molar-refractivity contribution is 7.02. The molecule has 0 bridgehead atoms. The molecule has 0 radical (unpaired) electrons. The van der Waals surface area contributed by atoms with Crippen molar-refractivity contribution in [2.45, 2.75) is 78.6 Å². The van der Waals surface area contributed by atoms with Crippen LogP contribution in [0, 0.1) is 0 Å². The summed E-state index contributed by atoms with van der Waals surface area (Å²) in [7, 11) is 0. The van der Waals surface area contributed by atoms with Gasteiger partial charge in [-0.15, -0.1) is 0 Å². The van der Waals surface area contributed by atoms with Gasteiger partial charge in [-0.25, -0.2) is 0 Å². The lowest BCUT2D eigenvalue weighted by atomic mass is 9.31. The molecule has 13 aromatic rings. The average Bonchev–Trinajstić information content (AvgIpc) is 1.01. The molecule has 0 amide bonds. The number of aromatic nitrogens is 1. The molecule has 432 valence electrons. The van der Waals surface area contributed by atoms with E-state index in [9.17, 15) is 0 Å². The van der Waals surface area contributed by atoms with Crippen LogP contribution in [-0.4, -0.2) is 18.0 Å². The first-order valence-corrected chi connectivity index (χ1v) is 32.1. The monoisotopic (exact) mass is 1160 g/mol. The summed E-state index contributed by atoms with van der Waals surface area (Å²) in [4.78, 5) is 5.40. The van der Waals surface area contributed by atoms with Crippen molar-refractivity contribution in [2.24, 2.45) is 0 Å². The number of nitrogens with zero attached hydrogens (tertiary/aromatic N) is 3. The Labute approximate surface area is 529 Å². The first kappa shape index (κ1) is 54.1. The largest absolute Gasteiger partial charge is 0.456 e. The summed E-state index contributed by atoms with van der Waals surface area (Å²) < 4.78 is 10.6. The Balaban J connectivity index is 1.10. The van der Waals surface area contributed by atoms with Crippen molar-refractivity contribution < 1.29 is 4.74 Å². The van der Waals surface area contributed by atoms with Gasteiger partial charge < -0.3 is 19.1 Å². The minimum absolute atomic E-state index is 0.117. The summed E-state index contributed by atoms with van der Waals surface area (Å²) in [5.74, 6) is 1.78. The van der Waals surface area contributed by atoms with E-state index in [1.807, 2.05) is 0 Å². The van der Waals surface area contributed by atoms with E-state index in [2.05, 4.69) is 331 Å². The highest BCUT2D eigenvalue weighted by Gasteiger charge is 2.51. The summed E-state index contributed by atoms with van der Waals surface area (Å²) in [6.07, 6.45) is 0. The Morgan fingerprint density at radius 3 is 1.28 bits per heavy atom. The zero-order valence-corrected chi connectivity index (χ0v) is 52.7. The number of benzene rings is 12. The molecule has 0 saturated carbocycles. The molecule has 0 N–H and O–H groups in total. The maximum Gasteiger partial charge on any atom is 0.256 e. The summed E-state index contributed by atoms with van der Waals surface area (Å²) in [6.45, 7) is 20.9. The molecule has 1 aromatic heterocycles. The first-order chi connectivity index (χ1) is 43.6. The van der Waals surface area contributed by atoms with E-state index < -0.39 is 0 Å². The average molecular weight is 1160 g/mol. The number of anilines is 6. The molecule has 4 aliphatic heterocycles. The van der Waals surface area contributed by atoms with E-state index >= 15 is 0 Å². The molecular weight excluding hydrogens is 1090 g/mol. The van der Waals surface area contributed by atoms with Gasteiger partial charge in [-0.3, -0.25) is 0 Å². The lowest BCUT2D eigenvalue weighted by molar-refractivity contribution is 0.488. The molecule has 0 fully saturated rings. The van der Waals surface area contributed by atoms with Crippen LogP contribution >= 0.6 is 0 Å². The van der Waals surface area contributed by atoms with Gasteiger partial charge in [-0.05, 0) is 149 Å². The van der Waals surface area contributed by atoms with Gasteiger partial charge in [0.05, 0.1) is 22.6 Å². The van der Waals surface area contributed by atoms with Gasteiger partial charge in [-0.2, -0.15) is 0 Å².